The smallest absolute Gasteiger partial charge is 0.235 e. The number of nitrogens with zero attached hydrogens (tertiary/aromatic N) is 1. The lowest BCUT2D eigenvalue weighted by molar-refractivity contribution is 0.353. The van der Waals surface area contributed by atoms with Crippen molar-refractivity contribution in [3.63, 3.8) is 0 Å². The molecule has 0 atom stereocenters. The highest BCUT2D eigenvalue weighted by atomic mass is 16.5. The van der Waals surface area contributed by atoms with Gasteiger partial charge in [0.25, 0.3) is 0 Å². The number of rotatable bonds is 3. The van der Waals surface area contributed by atoms with E-state index in [0.717, 1.165) is 11.1 Å². The van der Waals surface area contributed by atoms with Gasteiger partial charge in [0, 0.05) is 0 Å². The van der Waals surface area contributed by atoms with E-state index >= 15 is 0 Å². The van der Waals surface area contributed by atoms with Gasteiger partial charge in [-0.05, 0) is 43.2 Å². The molecule has 0 bridgehead atoms. The van der Waals surface area contributed by atoms with Crippen LogP contribution in [-0.2, 0) is 0 Å². The van der Waals surface area contributed by atoms with Crippen LogP contribution in [0.3, 0.4) is 0 Å². The minimum absolute atomic E-state index is 0.00556. The molecule has 0 radical (unpaired) electrons. The normalized spacial score (nSPS) is 10.6. The Hall–Kier alpha value is -3.00. The van der Waals surface area contributed by atoms with Crippen molar-refractivity contribution in [3.8, 4) is 23.3 Å². The number of fused-ring (bicyclic) bond motifs is 1. The molecule has 0 N–H and O–H groups in total. The maximum atomic E-state index is 12.7. The third-order valence-corrected chi connectivity index (χ3v) is 3.31. The van der Waals surface area contributed by atoms with Gasteiger partial charge in [-0.3, -0.25) is 4.79 Å². The van der Waals surface area contributed by atoms with Crippen molar-refractivity contribution in [2.45, 2.75) is 13.8 Å². The first-order valence-electron chi connectivity index (χ1n) is 6.73. The summed E-state index contributed by atoms with van der Waals surface area (Å²) in [6.45, 7) is 3.54. The Kier molecular flexibility index (Phi) is 3.43. The number of ether oxygens (including phenoxy) is 1. The third-order valence-electron chi connectivity index (χ3n) is 3.31. The van der Waals surface area contributed by atoms with Gasteiger partial charge in [-0.1, -0.05) is 6.07 Å². The van der Waals surface area contributed by atoms with Crippen molar-refractivity contribution < 1.29 is 13.6 Å². The molecule has 1 aromatic carbocycles. The molecule has 110 valence electrons. The zero-order chi connectivity index (χ0) is 15.7. The van der Waals surface area contributed by atoms with Gasteiger partial charge < -0.3 is 13.6 Å². The minimum atomic E-state index is -0.310. The standard InChI is InChI=1S/C17H13NO4/c1-10-8-11(2)15-12(9-10)14(19)17(21-7-5-18)16(22-15)13-4-3-6-20-13/h3-4,6,8-9H,7H2,1-2H3. The Labute approximate surface area is 126 Å². The average Bonchev–Trinajstić information content (AvgIpc) is 3.01. The van der Waals surface area contributed by atoms with Gasteiger partial charge in [0.2, 0.25) is 16.9 Å². The minimum Gasteiger partial charge on any atom is -0.471 e. The van der Waals surface area contributed by atoms with Crippen LogP contribution in [-0.4, -0.2) is 6.61 Å². The fraction of sp³-hybridized carbons (Fsp3) is 0.176. The molecule has 0 fully saturated rings. The number of hydrogen-bond acceptors (Lipinski definition) is 5. The molecule has 0 saturated heterocycles. The summed E-state index contributed by atoms with van der Waals surface area (Å²) in [4.78, 5) is 12.7. The molecule has 3 aromatic rings. The SMILES string of the molecule is Cc1cc(C)c2oc(-c3ccco3)c(OCC#N)c(=O)c2c1. The molecular weight excluding hydrogens is 282 g/mol. The van der Waals surface area contributed by atoms with Crippen LogP contribution in [0.25, 0.3) is 22.5 Å². The Bertz CT molecular complexity index is 930. The molecule has 5 nitrogen and oxygen atoms in total. The van der Waals surface area contributed by atoms with Gasteiger partial charge in [-0.25, -0.2) is 0 Å². The van der Waals surface area contributed by atoms with E-state index in [2.05, 4.69) is 0 Å². The summed E-state index contributed by atoms with van der Waals surface area (Å²) < 4.78 is 16.5. The third kappa shape index (κ3) is 2.25. The maximum absolute atomic E-state index is 12.7. The van der Waals surface area contributed by atoms with E-state index < -0.39 is 0 Å². The molecule has 0 spiro atoms. The predicted octanol–water partition coefficient (Wildman–Crippen LogP) is 3.57. The molecule has 0 unspecified atom stereocenters. The largest absolute Gasteiger partial charge is 0.471 e. The molecule has 0 aliphatic heterocycles. The van der Waals surface area contributed by atoms with Crippen LogP contribution >= 0.6 is 0 Å². The fourth-order valence-electron chi connectivity index (χ4n) is 2.44. The van der Waals surface area contributed by atoms with Crippen LogP contribution in [0.5, 0.6) is 5.75 Å². The lowest BCUT2D eigenvalue weighted by atomic mass is 10.1. The molecule has 5 heteroatoms. The van der Waals surface area contributed by atoms with Gasteiger partial charge in [-0.2, -0.15) is 5.26 Å². The Morgan fingerprint density at radius 2 is 2.14 bits per heavy atom. The first-order chi connectivity index (χ1) is 10.6. The summed E-state index contributed by atoms with van der Waals surface area (Å²) >= 11 is 0. The highest BCUT2D eigenvalue weighted by molar-refractivity contribution is 5.84. The van der Waals surface area contributed by atoms with Gasteiger partial charge in [0.05, 0.1) is 11.6 Å². The van der Waals surface area contributed by atoms with Crippen molar-refractivity contribution in [1.82, 2.24) is 0 Å². The first kappa shape index (κ1) is 14.0. The summed E-state index contributed by atoms with van der Waals surface area (Å²) in [5.74, 6) is 0.575. The molecule has 0 saturated carbocycles. The topological polar surface area (TPSA) is 76.4 Å². The maximum Gasteiger partial charge on any atom is 0.235 e. The zero-order valence-electron chi connectivity index (χ0n) is 12.2. The van der Waals surface area contributed by atoms with E-state index in [1.807, 2.05) is 26.0 Å². The molecule has 3 rings (SSSR count). The Morgan fingerprint density at radius 1 is 1.32 bits per heavy atom. The van der Waals surface area contributed by atoms with E-state index in [1.54, 1.807) is 18.2 Å². The molecule has 2 heterocycles. The second-order valence-corrected chi connectivity index (χ2v) is 4.97. The average molecular weight is 295 g/mol. The van der Waals surface area contributed by atoms with Crippen LogP contribution in [0.4, 0.5) is 0 Å². The molecular formula is C17H13NO4. The number of furan rings is 1. The van der Waals surface area contributed by atoms with Crippen molar-refractivity contribution in [2.24, 2.45) is 0 Å². The Balaban J connectivity index is 2.38. The fourth-order valence-corrected chi connectivity index (χ4v) is 2.44. The van der Waals surface area contributed by atoms with E-state index in [1.165, 1.54) is 6.26 Å². The number of benzene rings is 1. The van der Waals surface area contributed by atoms with Crippen LogP contribution in [0.1, 0.15) is 11.1 Å². The van der Waals surface area contributed by atoms with Gasteiger partial charge in [-0.15, -0.1) is 0 Å². The summed E-state index contributed by atoms with van der Waals surface area (Å²) in [7, 11) is 0. The highest BCUT2D eigenvalue weighted by Gasteiger charge is 2.20. The highest BCUT2D eigenvalue weighted by Crippen LogP contribution is 2.32. The zero-order valence-corrected chi connectivity index (χ0v) is 12.2. The summed E-state index contributed by atoms with van der Waals surface area (Å²) in [6, 6.07) is 8.90. The monoisotopic (exact) mass is 295 g/mol. The molecule has 2 aromatic heterocycles. The van der Waals surface area contributed by atoms with Crippen molar-refractivity contribution in [2.75, 3.05) is 6.61 Å². The summed E-state index contributed by atoms with van der Waals surface area (Å²) in [5.41, 5.74) is 1.99. The lowest BCUT2D eigenvalue weighted by Crippen LogP contribution is -2.11. The number of nitriles is 1. The van der Waals surface area contributed by atoms with Gasteiger partial charge >= 0.3 is 0 Å². The van der Waals surface area contributed by atoms with Gasteiger partial charge in [0.15, 0.2) is 12.4 Å². The Morgan fingerprint density at radius 3 is 2.82 bits per heavy atom. The van der Waals surface area contributed by atoms with Crippen LogP contribution < -0.4 is 10.2 Å². The number of aryl methyl sites for hydroxylation is 2. The van der Waals surface area contributed by atoms with Crippen LogP contribution in [0, 0.1) is 25.2 Å². The first-order valence-corrected chi connectivity index (χ1v) is 6.73. The molecule has 0 aliphatic rings. The van der Waals surface area contributed by atoms with Crippen molar-refractivity contribution >= 4 is 11.0 Å². The van der Waals surface area contributed by atoms with E-state index in [0.29, 0.717) is 16.7 Å². The van der Waals surface area contributed by atoms with Crippen LogP contribution in [0.2, 0.25) is 0 Å². The quantitative estimate of drug-likeness (QED) is 0.738. The molecule has 0 aliphatic carbocycles. The second kappa shape index (κ2) is 5.41. The molecule has 0 amide bonds. The number of hydrogen-bond donors (Lipinski definition) is 0. The predicted molar refractivity (Wildman–Crippen MR) is 80.8 cm³/mol. The molecule has 22 heavy (non-hydrogen) atoms. The van der Waals surface area contributed by atoms with E-state index in [9.17, 15) is 4.79 Å². The van der Waals surface area contributed by atoms with Gasteiger partial charge in [0.1, 0.15) is 11.7 Å². The van der Waals surface area contributed by atoms with E-state index in [4.69, 9.17) is 18.8 Å². The van der Waals surface area contributed by atoms with E-state index in [-0.39, 0.29) is 23.5 Å². The second-order valence-electron chi connectivity index (χ2n) is 4.97. The summed E-state index contributed by atoms with van der Waals surface area (Å²) in [6.07, 6.45) is 1.48. The lowest BCUT2D eigenvalue weighted by Gasteiger charge is -2.10. The van der Waals surface area contributed by atoms with Crippen LogP contribution in [0.15, 0.2) is 44.2 Å². The summed E-state index contributed by atoms with van der Waals surface area (Å²) in [5, 5.41) is 9.14. The van der Waals surface area contributed by atoms with Crippen molar-refractivity contribution in [1.29, 1.82) is 5.26 Å². The van der Waals surface area contributed by atoms with Crippen molar-refractivity contribution in [3.05, 3.63) is 51.9 Å².